The molecule has 1 aromatic carbocycles. The Kier molecular flexibility index (Phi) is 8.72. The number of rotatable bonds is 6. The first kappa shape index (κ1) is 31.5. The highest BCUT2D eigenvalue weighted by molar-refractivity contribution is 6.06. The van der Waals surface area contributed by atoms with Crippen LogP contribution in [-0.4, -0.2) is 92.7 Å². The van der Waals surface area contributed by atoms with Gasteiger partial charge in [-0.1, -0.05) is 24.3 Å². The van der Waals surface area contributed by atoms with E-state index in [0.717, 1.165) is 18.4 Å². The topological polar surface area (TPSA) is 136 Å². The molecule has 0 bridgehead atoms. The Hall–Kier alpha value is -3.97. The number of alkyl halides is 2. The number of anilines is 1. The number of hydrogen-bond donors (Lipinski definition) is 2. The van der Waals surface area contributed by atoms with Gasteiger partial charge < -0.3 is 25.4 Å². The summed E-state index contributed by atoms with van der Waals surface area (Å²) >= 11 is 0. The second-order valence-corrected chi connectivity index (χ2v) is 12.6. The molecule has 0 unspecified atom stereocenters. The van der Waals surface area contributed by atoms with Crippen molar-refractivity contribution in [3.63, 3.8) is 0 Å². The molecule has 11 nitrogen and oxygen atoms in total. The standard InChI is InChI=1S/C31H39F2N7O4/c1-18-15-43-16-19(2)40(18)13-20-6-8-21(9-7-20)23-12-22(27(34)41)25-26(37-23)28(36-17-35-25)38-24-14-39(11-10-31(24,32)33)29(42)44-30(3,4)5/h6-9,12,17-19,24H,10-11,13-16H2,1-5H3,(H2,34,41)(H,35,36,38)/t18-,19+,24-/m1/s1. The molecule has 0 aliphatic carbocycles. The van der Waals surface area contributed by atoms with Crippen molar-refractivity contribution >= 4 is 28.9 Å². The summed E-state index contributed by atoms with van der Waals surface area (Å²) in [5, 5.41) is 2.79. The molecule has 0 radical (unpaired) electrons. The third-order valence-corrected chi connectivity index (χ3v) is 7.91. The summed E-state index contributed by atoms with van der Waals surface area (Å²) in [6.45, 7) is 11.1. The summed E-state index contributed by atoms with van der Waals surface area (Å²) in [7, 11) is 0. The van der Waals surface area contributed by atoms with E-state index in [4.69, 9.17) is 20.2 Å². The van der Waals surface area contributed by atoms with E-state index in [1.807, 2.05) is 24.3 Å². The van der Waals surface area contributed by atoms with Crippen LogP contribution >= 0.6 is 0 Å². The van der Waals surface area contributed by atoms with E-state index in [2.05, 4.69) is 34.0 Å². The normalized spacial score (nSPS) is 22.5. The van der Waals surface area contributed by atoms with Gasteiger partial charge in [0, 0.05) is 37.2 Å². The number of fused-ring (bicyclic) bond motifs is 1. The minimum absolute atomic E-state index is 0.00183. The Morgan fingerprint density at radius 3 is 2.43 bits per heavy atom. The number of halogens is 2. The van der Waals surface area contributed by atoms with E-state index in [-0.39, 0.29) is 47.6 Å². The van der Waals surface area contributed by atoms with Gasteiger partial charge in [-0.2, -0.15) is 0 Å². The summed E-state index contributed by atoms with van der Waals surface area (Å²) in [6.07, 6.45) is -0.0790. The fourth-order valence-electron chi connectivity index (χ4n) is 5.53. The number of hydrogen-bond acceptors (Lipinski definition) is 9. The van der Waals surface area contributed by atoms with Crippen molar-refractivity contribution in [3.05, 3.63) is 47.8 Å². The van der Waals surface area contributed by atoms with Crippen molar-refractivity contribution < 1.29 is 27.8 Å². The number of aromatic nitrogens is 3. The van der Waals surface area contributed by atoms with Crippen LogP contribution in [0.4, 0.5) is 19.4 Å². The minimum Gasteiger partial charge on any atom is -0.444 e. The number of nitrogens with zero attached hydrogens (tertiary/aromatic N) is 5. The number of amides is 2. The predicted molar refractivity (Wildman–Crippen MR) is 161 cm³/mol. The second kappa shape index (κ2) is 12.2. The Morgan fingerprint density at radius 1 is 1.11 bits per heavy atom. The van der Waals surface area contributed by atoms with E-state index in [0.29, 0.717) is 24.5 Å². The van der Waals surface area contributed by atoms with Gasteiger partial charge in [0.1, 0.15) is 29.0 Å². The van der Waals surface area contributed by atoms with Crippen molar-refractivity contribution in [2.24, 2.45) is 5.73 Å². The van der Waals surface area contributed by atoms with Gasteiger partial charge in [0.25, 0.3) is 11.8 Å². The van der Waals surface area contributed by atoms with E-state index in [1.165, 1.54) is 4.90 Å². The first-order chi connectivity index (χ1) is 20.7. The lowest BCUT2D eigenvalue weighted by Gasteiger charge is -2.39. The Labute approximate surface area is 255 Å². The summed E-state index contributed by atoms with van der Waals surface area (Å²) in [4.78, 5) is 41.9. The quantitative estimate of drug-likeness (QED) is 0.414. The van der Waals surface area contributed by atoms with Crippen LogP contribution in [0.25, 0.3) is 22.3 Å². The molecule has 2 fully saturated rings. The fourth-order valence-corrected chi connectivity index (χ4v) is 5.53. The van der Waals surface area contributed by atoms with Gasteiger partial charge in [-0.25, -0.2) is 28.5 Å². The monoisotopic (exact) mass is 611 g/mol. The van der Waals surface area contributed by atoms with Crippen LogP contribution in [-0.2, 0) is 16.0 Å². The van der Waals surface area contributed by atoms with Gasteiger partial charge in [0.15, 0.2) is 5.82 Å². The molecule has 2 amide bonds. The number of benzene rings is 1. The molecule has 13 heteroatoms. The van der Waals surface area contributed by atoms with Crippen LogP contribution in [0.5, 0.6) is 0 Å². The Morgan fingerprint density at radius 2 is 1.80 bits per heavy atom. The van der Waals surface area contributed by atoms with Crippen LogP contribution in [0.1, 0.15) is 57.0 Å². The summed E-state index contributed by atoms with van der Waals surface area (Å²) < 4.78 is 41.3. The highest BCUT2D eigenvalue weighted by Crippen LogP contribution is 2.33. The van der Waals surface area contributed by atoms with Crippen LogP contribution in [0.15, 0.2) is 36.7 Å². The predicted octanol–water partition coefficient (Wildman–Crippen LogP) is 4.46. The molecule has 2 aromatic heterocycles. The SMILES string of the molecule is C[C@@H]1COC[C@H](C)N1Cc1ccc(-c2cc(C(N)=O)c3ncnc(N[C@@H]4CN(C(=O)OC(C)(C)C)CCC4(F)F)c3n2)cc1. The molecule has 2 saturated heterocycles. The molecule has 0 saturated carbocycles. The zero-order valence-electron chi connectivity index (χ0n) is 25.6. The molecule has 2 aliphatic rings. The number of nitrogens with one attached hydrogen (secondary N) is 1. The van der Waals surface area contributed by atoms with Gasteiger partial charge in [-0.05, 0) is 46.2 Å². The smallest absolute Gasteiger partial charge is 0.410 e. The van der Waals surface area contributed by atoms with Crippen LogP contribution < -0.4 is 11.1 Å². The summed E-state index contributed by atoms with van der Waals surface area (Å²) in [6, 6.07) is 8.41. The molecule has 44 heavy (non-hydrogen) atoms. The number of piperidine rings is 1. The van der Waals surface area contributed by atoms with Crippen LogP contribution in [0.2, 0.25) is 0 Å². The molecule has 4 heterocycles. The van der Waals surface area contributed by atoms with E-state index < -0.39 is 36.0 Å². The molecule has 5 rings (SSSR count). The van der Waals surface area contributed by atoms with E-state index in [1.54, 1.807) is 26.8 Å². The van der Waals surface area contributed by atoms with Crippen molar-refractivity contribution in [2.75, 3.05) is 31.6 Å². The van der Waals surface area contributed by atoms with Gasteiger partial charge in [0.2, 0.25) is 0 Å². The van der Waals surface area contributed by atoms with Gasteiger partial charge in [-0.3, -0.25) is 9.69 Å². The van der Waals surface area contributed by atoms with Gasteiger partial charge >= 0.3 is 6.09 Å². The number of ether oxygens (including phenoxy) is 2. The molecular weight excluding hydrogens is 572 g/mol. The Balaban J connectivity index is 1.45. The van der Waals surface area contributed by atoms with Crippen molar-refractivity contribution in [1.29, 1.82) is 0 Å². The van der Waals surface area contributed by atoms with Crippen LogP contribution in [0, 0.1) is 0 Å². The fraction of sp³-hybridized carbons (Fsp3) is 0.516. The van der Waals surface area contributed by atoms with Crippen molar-refractivity contribution in [3.8, 4) is 11.3 Å². The summed E-state index contributed by atoms with van der Waals surface area (Å²) in [5.74, 6) is -3.90. The number of carbonyl (C=O) groups excluding carboxylic acids is 2. The maximum atomic E-state index is 15.1. The number of nitrogens with two attached hydrogens (primary N) is 1. The molecule has 3 atom stereocenters. The largest absolute Gasteiger partial charge is 0.444 e. The molecule has 0 spiro atoms. The number of pyridine rings is 1. The Bertz CT molecular complexity index is 1520. The van der Waals surface area contributed by atoms with Crippen molar-refractivity contribution in [1.82, 2.24) is 24.8 Å². The molecule has 236 valence electrons. The zero-order chi connectivity index (χ0) is 31.8. The maximum absolute atomic E-state index is 15.1. The number of likely N-dealkylation sites (tertiary alicyclic amines) is 1. The lowest BCUT2D eigenvalue weighted by molar-refractivity contribution is -0.0683. The average molecular weight is 612 g/mol. The maximum Gasteiger partial charge on any atom is 0.410 e. The molecular formula is C31H39F2N7O4. The molecule has 3 N–H and O–H groups in total. The highest BCUT2D eigenvalue weighted by Gasteiger charge is 2.46. The van der Waals surface area contributed by atoms with E-state index >= 15 is 8.78 Å². The first-order valence-electron chi connectivity index (χ1n) is 14.7. The average Bonchev–Trinajstić information content (AvgIpc) is 2.95. The number of primary amides is 1. The van der Waals surface area contributed by atoms with Crippen LogP contribution in [0.3, 0.4) is 0 Å². The van der Waals surface area contributed by atoms with Crippen molar-refractivity contribution in [2.45, 2.75) is 77.2 Å². The molecule has 2 aliphatic heterocycles. The minimum atomic E-state index is -3.16. The van der Waals surface area contributed by atoms with Gasteiger partial charge in [0.05, 0.1) is 31.0 Å². The lowest BCUT2D eigenvalue weighted by atomic mass is 10.0. The highest BCUT2D eigenvalue weighted by atomic mass is 19.3. The summed E-state index contributed by atoms with van der Waals surface area (Å²) in [5.41, 5.74) is 7.50. The third-order valence-electron chi connectivity index (χ3n) is 7.91. The zero-order valence-corrected chi connectivity index (χ0v) is 25.6. The molecule has 3 aromatic rings. The lowest BCUT2D eigenvalue weighted by Crippen LogP contribution is -2.56. The van der Waals surface area contributed by atoms with Gasteiger partial charge in [-0.15, -0.1) is 0 Å². The second-order valence-electron chi connectivity index (χ2n) is 12.6. The van der Waals surface area contributed by atoms with E-state index in [9.17, 15) is 9.59 Å². The third kappa shape index (κ3) is 6.88. The number of morpholine rings is 1. The first-order valence-corrected chi connectivity index (χ1v) is 14.7. The number of carbonyl (C=O) groups is 2.